The molecule has 3 N–H and O–H groups in total. The Labute approximate surface area is 356 Å². The Morgan fingerprint density at radius 3 is 2.25 bits per heavy atom. The molecule has 60 heavy (non-hydrogen) atoms. The summed E-state index contributed by atoms with van der Waals surface area (Å²) >= 11 is 12.1. The highest BCUT2D eigenvalue weighted by molar-refractivity contribution is 6.42. The molecule has 5 aromatic rings. The lowest BCUT2D eigenvalue weighted by Gasteiger charge is -2.37. The molecule has 306 valence electrons. The van der Waals surface area contributed by atoms with Crippen LogP contribution in [-0.4, -0.2) is 52.6 Å². The van der Waals surface area contributed by atoms with Crippen molar-refractivity contribution in [1.82, 2.24) is 10.2 Å². The van der Waals surface area contributed by atoms with E-state index >= 15 is 0 Å². The monoisotopic (exact) mass is 846 g/mol. The Bertz CT molecular complexity index is 2470. The van der Waals surface area contributed by atoms with E-state index in [0.29, 0.717) is 55.0 Å². The fourth-order valence-corrected chi connectivity index (χ4v) is 7.29. The number of rotatable bonds is 12. The molecule has 2 aliphatic heterocycles. The van der Waals surface area contributed by atoms with Crippen LogP contribution in [0.5, 0.6) is 11.5 Å². The van der Waals surface area contributed by atoms with Crippen molar-refractivity contribution in [3.05, 3.63) is 147 Å². The van der Waals surface area contributed by atoms with Gasteiger partial charge < -0.3 is 30.0 Å². The van der Waals surface area contributed by atoms with Gasteiger partial charge in [0.1, 0.15) is 30.2 Å². The maximum atomic E-state index is 14.0. The SMILES string of the molecule is CC(C)COC(=O)N1Cc2cc3c(cc2C[C@H]1C(=O)N[C@@H](Cc1ccc(-c2ccc(C#N)cc2)cc1)C(=O)O)NC(=O)C(c1ccc(OCc2ccc(Cl)c(Cl)c2)cc1)O3. The van der Waals surface area contributed by atoms with Crippen molar-refractivity contribution in [1.29, 1.82) is 5.26 Å². The number of aliphatic carboxylic acids is 1. The highest BCUT2D eigenvalue weighted by Crippen LogP contribution is 2.40. The van der Waals surface area contributed by atoms with E-state index in [1.165, 1.54) is 4.90 Å². The fraction of sp³-hybridized carbons (Fsp3) is 0.239. The zero-order valence-corrected chi connectivity index (χ0v) is 34.1. The molecule has 0 saturated carbocycles. The standard InChI is InChI=1S/C46H40Cl2N4O8/c1-26(2)24-59-46(57)52-23-34-21-41-38(50-44(54)42(60-41)32-12-14-35(15-13-32)58-25-29-7-16-36(47)37(48)17-29)19-33(34)20-40(52)43(53)51-39(45(55)56)18-27-3-8-30(9-4-27)31-10-5-28(22-49)6-11-31/h3-17,19,21,26,39-40,42H,18,20,23-25H2,1-2H3,(H,50,54)(H,51,53)(H,55,56)/t39-,40-,42?/m0/s1. The Morgan fingerprint density at radius 1 is 0.917 bits per heavy atom. The number of carboxylic acid groups (broad SMARTS) is 1. The van der Waals surface area contributed by atoms with E-state index in [1.807, 2.05) is 44.2 Å². The van der Waals surface area contributed by atoms with E-state index in [9.17, 15) is 24.3 Å². The third-order valence-corrected chi connectivity index (χ3v) is 10.9. The van der Waals surface area contributed by atoms with E-state index in [-0.39, 0.29) is 38.5 Å². The number of ether oxygens (including phenoxy) is 3. The van der Waals surface area contributed by atoms with E-state index < -0.39 is 42.1 Å². The van der Waals surface area contributed by atoms with Crippen molar-refractivity contribution >= 4 is 52.8 Å². The molecule has 3 amide bonds. The number of benzene rings is 5. The molecular formula is C46H40Cl2N4O8. The summed E-state index contributed by atoms with van der Waals surface area (Å²) < 4.78 is 17.7. The molecule has 2 aliphatic rings. The number of carbonyl (C=O) groups excluding carboxylic acids is 3. The van der Waals surface area contributed by atoms with Crippen molar-refractivity contribution in [2.24, 2.45) is 5.92 Å². The van der Waals surface area contributed by atoms with Gasteiger partial charge in [0.05, 0.1) is 40.5 Å². The van der Waals surface area contributed by atoms with Crippen LogP contribution in [0.2, 0.25) is 10.0 Å². The number of fused-ring (bicyclic) bond motifs is 2. The number of anilines is 1. The molecule has 0 spiro atoms. The summed E-state index contributed by atoms with van der Waals surface area (Å²) in [7, 11) is 0. The topological polar surface area (TPSA) is 167 Å². The van der Waals surface area contributed by atoms with Crippen LogP contribution in [0, 0.1) is 17.2 Å². The van der Waals surface area contributed by atoms with Gasteiger partial charge in [-0.3, -0.25) is 14.5 Å². The van der Waals surface area contributed by atoms with Crippen LogP contribution in [0.15, 0.2) is 103 Å². The van der Waals surface area contributed by atoms with Crippen molar-refractivity contribution < 1.29 is 38.5 Å². The highest BCUT2D eigenvalue weighted by atomic mass is 35.5. The first-order chi connectivity index (χ1) is 28.8. The fourth-order valence-electron chi connectivity index (χ4n) is 6.97. The number of carbonyl (C=O) groups is 4. The predicted octanol–water partition coefficient (Wildman–Crippen LogP) is 8.51. The van der Waals surface area contributed by atoms with Crippen LogP contribution >= 0.6 is 23.2 Å². The Kier molecular flexibility index (Phi) is 12.6. The minimum absolute atomic E-state index is 0.0116. The van der Waals surface area contributed by atoms with Gasteiger partial charge in [0.15, 0.2) is 0 Å². The lowest BCUT2D eigenvalue weighted by Crippen LogP contribution is -2.56. The number of carboxylic acids is 1. The number of amides is 3. The molecule has 1 unspecified atom stereocenters. The zero-order chi connectivity index (χ0) is 42.5. The Balaban J connectivity index is 1.06. The molecule has 14 heteroatoms. The maximum absolute atomic E-state index is 14.0. The van der Waals surface area contributed by atoms with E-state index in [2.05, 4.69) is 16.7 Å². The average molecular weight is 848 g/mol. The van der Waals surface area contributed by atoms with Gasteiger partial charge in [-0.1, -0.05) is 91.6 Å². The summed E-state index contributed by atoms with van der Waals surface area (Å²) in [5.41, 5.74) is 6.18. The molecule has 0 bridgehead atoms. The quantitative estimate of drug-likeness (QED) is 0.112. The number of hydrogen-bond acceptors (Lipinski definition) is 8. The Hall–Kier alpha value is -6.55. The number of nitrogens with one attached hydrogen (secondary N) is 2. The maximum Gasteiger partial charge on any atom is 0.410 e. The largest absolute Gasteiger partial charge is 0.489 e. The van der Waals surface area contributed by atoms with Gasteiger partial charge >= 0.3 is 12.1 Å². The second-order valence-corrected chi connectivity index (χ2v) is 15.8. The van der Waals surface area contributed by atoms with E-state index in [0.717, 1.165) is 16.7 Å². The van der Waals surface area contributed by atoms with Crippen molar-refractivity contribution in [3.8, 4) is 28.7 Å². The summed E-state index contributed by atoms with van der Waals surface area (Å²) in [6.45, 7) is 4.14. The van der Waals surface area contributed by atoms with Crippen molar-refractivity contribution in [2.75, 3.05) is 11.9 Å². The molecule has 0 saturated heterocycles. The first-order valence-electron chi connectivity index (χ1n) is 19.2. The Morgan fingerprint density at radius 2 is 1.60 bits per heavy atom. The van der Waals surface area contributed by atoms with Gasteiger partial charge in [-0.25, -0.2) is 9.59 Å². The second kappa shape index (κ2) is 18.2. The number of hydrogen-bond donors (Lipinski definition) is 3. The number of halogens is 2. The summed E-state index contributed by atoms with van der Waals surface area (Å²) in [6, 6.07) is 29.7. The molecule has 2 heterocycles. The van der Waals surface area contributed by atoms with E-state index in [4.69, 9.17) is 42.7 Å². The lowest BCUT2D eigenvalue weighted by atomic mass is 9.92. The van der Waals surface area contributed by atoms with Crippen LogP contribution in [0.1, 0.15) is 53.3 Å². The molecule has 0 fully saturated rings. The third kappa shape index (κ3) is 9.66. The van der Waals surface area contributed by atoms with E-state index in [1.54, 1.807) is 72.8 Å². The minimum Gasteiger partial charge on any atom is -0.489 e. The molecule has 5 aromatic carbocycles. The van der Waals surface area contributed by atoms with Gasteiger partial charge in [0.25, 0.3) is 5.91 Å². The number of nitrogens with zero attached hydrogens (tertiary/aromatic N) is 2. The molecule has 0 aliphatic carbocycles. The van der Waals surface area contributed by atoms with Crippen LogP contribution in [0.4, 0.5) is 10.5 Å². The van der Waals surface area contributed by atoms with Crippen molar-refractivity contribution in [3.63, 3.8) is 0 Å². The first-order valence-corrected chi connectivity index (χ1v) is 20.0. The molecule has 0 radical (unpaired) electrons. The molecule has 7 rings (SSSR count). The smallest absolute Gasteiger partial charge is 0.410 e. The summed E-state index contributed by atoms with van der Waals surface area (Å²) in [5, 5.41) is 25.7. The normalized spacial score (nSPS) is 16.0. The summed E-state index contributed by atoms with van der Waals surface area (Å²) in [6.07, 6.45) is -1.68. The van der Waals surface area contributed by atoms with Crippen LogP contribution in [0.25, 0.3) is 11.1 Å². The second-order valence-electron chi connectivity index (χ2n) is 15.0. The highest BCUT2D eigenvalue weighted by Gasteiger charge is 2.39. The molecule has 0 aromatic heterocycles. The van der Waals surface area contributed by atoms with Crippen LogP contribution in [-0.2, 0) is 45.1 Å². The van der Waals surface area contributed by atoms with Gasteiger partial charge in [0.2, 0.25) is 12.0 Å². The van der Waals surface area contributed by atoms with Gasteiger partial charge in [0, 0.05) is 18.4 Å². The molecule has 3 atom stereocenters. The molecular weight excluding hydrogens is 807 g/mol. The van der Waals surface area contributed by atoms with Gasteiger partial charge in [-0.2, -0.15) is 5.26 Å². The lowest BCUT2D eigenvalue weighted by molar-refractivity contribution is -0.142. The van der Waals surface area contributed by atoms with Crippen LogP contribution < -0.4 is 20.1 Å². The van der Waals surface area contributed by atoms with Gasteiger partial charge in [-0.15, -0.1) is 0 Å². The predicted molar refractivity (Wildman–Crippen MR) is 225 cm³/mol. The van der Waals surface area contributed by atoms with Crippen molar-refractivity contribution in [2.45, 2.75) is 58.0 Å². The number of nitriles is 1. The summed E-state index contributed by atoms with van der Waals surface area (Å²) in [5.74, 6) is -1.31. The van der Waals surface area contributed by atoms with Crippen LogP contribution in [0.3, 0.4) is 0 Å². The zero-order valence-electron chi connectivity index (χ0n) is 32.6. The first kappa shape index (κ1) is 41.6. The minimum atomic E-state index is -1.30. The third-order valence-electron chi connectivity index (χ3n) is 10.2. The van der Waals surface area contributed by atoms with Gasteiger partial charge in [-0.05, 0) is 87.8 Å². The summed E-state index contributed by atoms with van der Waals surface area (Å²) in [4.78, 5) is 54.7. The molecule has 12 nitrogen and oxygen atoms in total. The average Bonchev–Trinajstić information content (AvgIpc) is 3.24.